The lowest BCUT2D eigenvalue weighted by Gasteiger charge is -2.33. The number of anilines is 1. The first-order valence-corrected chi connectivity index (χ1v) is 8.27. The maximum absolute atomic E-state index is 4.61. The van der Waals surface area contributed by atoms with Crippen LogP contribution in [0.4, 0.5) is 5.95 Å². The van der Waals surface area contributed by atoms with E-state index in [1.165, 1.54) is 51.6 Å². The van der Waals surface area contributed by atoms with Crippen molar-refractivity contribution in [2.75, 3.05) is 18.4 Å². The SMILES string of the molecule is Cc1cn(CCCN2CCCCC2C)c(NC2CC2)n1. The molecule has 2 aliphatic rings. The first-order chi connectivity index (χ1) is 9.72. The fourth-order valence-corrected chi connectivity index (χ4v) is 3.18. The summed E-state index contributed by atoms with van der Waals surface area (Å²) in [6, 6.07) is 1.45. The summed E-state index contributed by atoms with van der Waals surface area (Å²) < 4.78 is 2.31. The molecule has 1 aromatic heterocycles. The van der Waals surface area contributed by atoms with Crippen LogP contribution in [0.2, 0.25) is 0 Å². The maximum Gasteiger partial charge on any atom is 0.203 e. The summed E-state index contributed by atoms with van der Waals surface area (Å²) in [5, 5.41) is 3.54. The van der Waals surface area contributed by atoms with Crippen LogP contribution in [0.5, 0.6) is 0 Å². The molecule has 4 nitrogen and oxygen atoms in total. The maximum atomic E-state index is 4.61. The zero-order valence-electron chi connectivity index (χ0n) is 12.9. The van der Waals surface area contributed by atoms with Crippen molar-refractivity contribution < 1.29 is 0 Å². The lowest BCUT2D eigenvalue weighted by molar-refractivity contribution is 0.157. The van der Waals surface area contributed by atoms with Crippen LogP contribution in [0.1, 0.15) is 51.1 Å². The number of hydrogen-bond acceptors (Lipinski definition) is 3. The van der Waals surface area contributed by atoms with Gasteiger partial charge in [-0.2, -0.15) is 0 Å². The number of hydrogen-bond donors (Lipinski definition) is 1. The van der Waals surface area contributed by atoms with Crippen LogP contribution in [0, 0.1) is 6.92 Å². The Bertz CT molecular complexity index is 436. The normalized spacial score (nSPS) is 24.0. The summed E-state index contributed by atoms with van der Waals surface area (Å²) in [5.74, 6) is 1.08. The van der Waals surface area contributed by atoms with Gasteiger partial charge in [-0.05, 0) is 52.5 Å². The zero-order chi connectivity index (χ0) is 13.9. The molecule has 3 rings (SSSR count). The summed E-state index contributed by atoms with van der Waals surface area (Å²) in [6.07, 6.45) is 10.2. The highest BCUT2D eigenvalue weighted by atomic mass is 15.2. The highest BCUT2D eigenvalue weighted by Gasteiger charge is 2.23. The predicted octanol–water partition coefficient (Wildman–Crippen LogP) is 3.03. The van der Waals surface area contributed by atoms with Crippen molar-refractivity contribution in [2.45, 2.75) is 71.0 Å². The van der Waals surface area contributed by atoms with Crippen molar-refractivity contribution >= 4 is 5.95 Å². The van der Waals surface area contributed by atoms with Gasteiger partial charge in [-0.3, -0.25) is 0 Å². The van der Waals surface area contributed by atoms with E-state index in [4.69, 9.17) is 0 Å². The highest BCUT2D eigenvalue weighted by Crippen LogP contribution is 2.24. The molecular weight excluding hydrogens is 248 g/mol. The van der Waals surface area contributed by atoms with Crippen LogP contribution < -0.4 is 5.32 Å². The van der Waals surface area contributed by atoms with Crippen LogP contribution in [0.3, 0.4) is 0 Å². The molecule has 1 saturated carbocycles. The quantitative estimate of drug-likeness (QED) is 0.867. The second-order valence-electron chi connectivity index (χ2n) is 6.55. The molecule has 2 fully saturated rings. The molecule has 1 aliphatic carbocycles. The summed E-state index contributed by atoms with van der Waals surface area (Å²) in [6.45, 7) is 8.06. The Balaban J connectivity index is 1.49. The molecule has 2 heterocycles. The van der Waals surface area contributed by atoms with Crippen LogP contribution >= 0.6 is 0 Å². The molecule has 1 aliphatic heterocycles. The van der Waals surface area contributed by atoms with Crippen LogP contribution in [-0.2, 0) is 6.54 Å². The van der Waals surface area contributed by atoms with E-state index < -0.39 is 0 Å². The summed E-state index contributed by atoms with van der Waals surface area (Å²) in [5.41, 5.74) is 1.12. The minimum absolute atomic E-state index is 0.678. The number of likely N-dealkylation sites (tertiary alicyclic amines) is 1. The van der Waals surface area contributed by atoms with E-state index in [1.807, 2.05) is 0 Å². The van der Waals surface area contributed by atoms with Crippen molar-refractivity contribution in [1.82, 2.24) is 14.5 Å². The molecule has 20 heavy (non-hydrogen) atoms. The topological polar surface area (TPSA) is 33.1 Å². The number of piperidine rings is 1. The van der Waals surface area contributed by atoms with E-state index >= 15 is 0 Å². The van der Waals surface area contributed by atoms with Gasteiger partial charge in [0.2, 0.25) is 5.95 Å². The Hall–Kier alpha value is -1.03. The van der Waals surface area contributed by atoms with Gasteiger partial charge in [0.15, 0.2) is 0 Å². The lowest BCUT2D eigenvalue weighted by Crippen LogP contribution is -2.38. The number of nitrogens with one attached hydrogen (secondary N) is 1. The third kappa shape index (κ3) is 3.54. The first-order valence-electron chi connectivity index (χ1n) is 8.27. The fourth-order valence-electron chi connectivity index (χ4n) is 3.18. The van der Waals surface area contributed by atoms with E-state index in [0.29, 0.717) is 6.04 Å². The number of aryl methyl sites for hydroxylation is 2. The molecule has 112 valence electrons. The summed E-state index contributed by atoms with van der Waals surface area (Å²) in [7, 11) is 0. The Labute approximate surface area is 122 Å². The van der Waals surface area contributed by atoms with Crippen LogP contribution in [-0.4, -0.2) is 39.6 Å². The molecule has 1 saturated heterocycles. The Kier molecular flexibility index (Phi) is 4.29. The van der Waals surface area contributed by atoms with Crippen molar-refractivity contribution in [2.24, 2.45) is 0 Å². The molecule has 4 heteroatoms. The molecule has 0 amide bonds. The average Bonchev–Trinajstić information content (AvgIpc) is 3.16. The summed E-state index contributed by atoms with van der Waals surface area (Å²) >= 11 is 0. The van der Waals surface area contributed by atoms with E-state index in [9.17, 15) is 0 Å². The number of nitrogens with zero attached hydrogens (tertiary/aromatic N) is 3. The van der Waals surface area contributed by atoms with Gasteiger partial charge in [0.05, 0.1) is 5.69 Å². The minimum atomic E-state index is 0.678. The molecule has 0 spiro atoms. The highest BCUT2D eigenvalue weighted by molar-refractivity contribution is 5.32. The van der Waals surface area contributed by atoms with Gasteiger partial charge >= 0.3 is 0 Å². The molecule has 0 aromatic carbocycles. The van der Waals surface area contributed by atoms with E-state index in [2.05, 4.69) is 39.8 Å². The Morgan fingerprint density at radius 3 is 2.85 bits per heavy atom. The molecule has 1 atom stereocenters. The fraction of sp³-hybridized carbons (Fsp3) is 0.812. The smallest absolute Gasteiger partial charge is 0.203 e. The van der Waals surface area contributed by atoms with Gasteiger partial charge in [0.25, 0.3) is 0 Å². The van der Waals surface area contributed by atoms with Gasteiger partial charge in [-0.1, -0.05) is 6.42 Å². The van der Waals surface area contributed by atoms with Crippen molar-refractivity contribution in [1.29, 1.82) is 0 Å². The molecule has 1 aromatic rings. The molecule has 0 bridgehead atoms. The van der Waals surface area contributed by atoms with Crippen LogP contribution in [0.15, 0.2) is 6.20 Å². The van der Waals surface area contributed by atoms with E-state index in [0.717, 1.165) is 24.2 Å². The van der Waals surface area contributed by atoms with Crippen molar-refractivity contribution in [3.63, 3.8) is 0 Å². The average molecular weight is 276 g/mol. The van der Waals surface area contributed by atoms with Gasteiger partial charge in [0.1, 0.15) is 0 Å². The van der Waals surface area contributed by atoms with E-state index in [-0.39, 0.29) is 0 Å². The minimum Gasteiger partial charge on any atom is -0.353 e. The molecule has 1 N–H and O–H groups in total. The second kappa shape index (κ2) is 6.17. The monoisotopic (exact) mass is 276 g/mol. The second-order valence-corrected chi connectivity index (χ2v) is 6.55. The lowest BCUT2D eigenvalue weighted by atomic mass is 10.0. The Morgan fingerprint density at radius 2 is 2.10 bits per heavy atom. The van der Waals surface area contributed by atoms with Gasteiger partial charge < -0.3 is 14.8 Å². The molecule has 1 unspecified atom stereocenters. The predicted molar refractivity (Wildman–Crippen MR) is 83.1 cm³/mol. The molecule has 0 radical (unpaired) electrons. The van der Waals surface area contributed by atoms with Crippen molar-refractivity contribution in [3.8, 4) is 0 Å². The third-order valence-electron chi connectivity index (χ3n) is 4.59. The number of imidazole rings is 1. The molecular formula is C16H28N4. The number of rotatable bonds is 6. The number of aromatic nitrogens is 2. The van der Waals surface area contributed by atoms with Gasteiger partial charge in [-0.25, -0.2) is 4.98 Å². The Morgan fingerprint density at radius 1 is 1.25 bits per heavy atom. The largest absolute Gasteiger partial charge is 0.353 e. The van der Waals surface area contributed by atoms with Gasteiger partial charge in [0, 0.05) is 31.4 Å². The first kappa shape index (κ1) is 13.9. The van der Waals surface area contributed by atoms with E-state index in [1.54, 1.807) is 0 Å². The van der Waals surface area contributed by atoms with Crippen molar-refractivity contribution in [3.05, 3.63) is 11.9 Å². The third-order valence-corrected chi connectivity index (χ3v) is 4.59. The summed E-state index contributed by atoms with van der Waals surface area (Å²) in [4.78, 5) is 7.26. The van der Waals surface area contributed by atoms with Crippen LogP contribution in [0.25, 0.3) is 0 Å². The standard InChI is InChI=1S/C16H28N4/c1-13-12-20(16(17-13)18-15-7-8-15)11-5-10-19-9-4-3-6-14(19)2/h12,14-15H,3-11H2,1-2H3,(H,17,18). The van der Waals surface area contributed by atoms with Gasteiger partial charge in [-0.15, -0.1) is 0 Å². The zero-order valence-corrected chi connectivity index (χ0v) is 12.9.